The van der Waals surface area contributed by atoms with Crippen molar-refractivity contribution in [2.45, 2.75) is 18.3 Å². The molecule has 3 aromatic rings. The summed E-state index contributed by atoms with van der Waals surface area (Å²) in [4.78, 5) is 12.0. The van der Waals surface area contributed by atoms with E-state index in [-0.39, 0.29) is 28.6 Å². The zero-order valence-electron chi connectivity index (χ0n) is 14.5. The van der Waals surface area contributed by atoms with Crippen LogP contribution in [0.4, 0.5) is 10.1 Å². The number of halogens is 3. The Labute approximate surface area is 174 Å². The van der Waals surface area contributed by atoms with Gasteiger partial charge in [-0.05, 0) is 49.4 Å². The third-order valence-electron chi connectivity index (χ3n) is 3.42. The van der Waals surface area contributed by atoms with E-state index < -0.39 is 6.10 Å². The van der Waals surface area contributed by atoms with Crippen LogP contribution in [0.1, 0.15) is 18.9 Å². The van der Waals surface area contributed by atoms with Crippen molar-refractivity contribution >= 4 is 46.6 Å². The molecule has 0 aliphatic heterocycles. The lowest BCUT2D eigenvalue weighted by Crippen LogP contribution is -2.13. The predicted molar refractivity (Wildman–Crippen MR) is 106 cm³/mol. The number of benzene rings is 2. The molecule has 146 valence electrons. The van der Waals surface area contributed by atoms with Crippen molar-refractivity contribution < 1.29 is 18.3 Å². The molecule has 28 heavy (non-hydrogen) atoms. The molecule has 2 aromatic carbocycles. The quantitative estimate of drug-likeness (QED) is 0.495. The monoisotopic (exact) mass is 441 g/mol. The minimum atomic E-state index is -0.548. The van der Waals surface area contributed by atoms with Gasteiger partial charge in [0.15, 0.2) is 6.10 Å². The summed E-state index contributed by atoms with van der Waals surface area (Å²) >= 11 is 13.0. The Kier molecular flexibility index (Phi) is 6.77. The third-order valence-corrected chi connectivity index (χ3v) is 4.77. The third kappa shape index (κ3) is 5.60. The Morgan fingerprint density at radius 2 is 2.00 bits per heavy atom. The molecule has 6 nitrogen and oxygen atoms in total. The summed E-state index contributed by atoms with van der Waals surface area (Å²) in [5, 5.41) is 11.6. The second kappa shape index (κ2) is 9.27. The minimum absolute atomic E-state index is 0.0528. The van der Waals surface area contributed by atoms with Crippen molar-refractivity contribution in [3.05, 3.63) is 64.2 Å². The number of carbonyl (C=O) groups is 1. The number of anilines is 1. The maximum atomic E-state index is 12.9. The van der Waals surface area contributed by atoms with Crippen molar-refractivity contribution in [2.24, 2.45) is 0 Å². The number of amides is 1. The molecule has 0 aliphatic rings. The van der Waals surface area contributed by atoms with E-state index in [9.17, 15) is 9.18 Å². The van der Waals surface area contributed by atoms with Crippen LogP contribution in [0.5, 0.6) is 5.75 Å². The van der Waals surface area contributed by atoms with Crippen LogP contribution >= 0.6 is 35.0 Å². The molecule has 1 heterocycles. The second-order valence-corrected chi connectivity index (χ2v) is 7.36. The molecule has 0 bridgehead atoms. The molecule has 1 amide bonds. The van der Waals surface area contributed by atoms with E-state index in [0.717, 1.165) is 11.8 Å². The van der Waals surface area contributed by atoms with Gasteiger partial charge in [0.05, 0.1) is 10.8 Å². The first-order chi connectivity index (χ1) is 13.4. The number of carbonyl (C=O) groups excluding carboxylic acids is 1. The van der Waals surface area contributed by atoms with Crippen LogP contribution in [-0.4, -0.2) is 21.9 Å². The summed E-state index contributed by atoms with van der Waals surface area (Å²) in [5.41, 5.74) is 0.500. The van der Waals surface area contributed by atoms with E-state index in [1.165, 1.54) is 24.3 Å². The number of ether oxygens (including phenoxy) is 1. The zero-order valence-corrected chi connectivity index (χ0v) is 16.8. The minimum Gasteiger partial charge on any atom is -0.479 e. The van der Waals surface area contributed by atoms with Gasteiger partial charge in [0.25, 0.3) is 11.1 Å². The van der Waals surface area contributed by atoms with Crippen LogP contribution in [-0.2, 0) is 4.79 Å². The van der Waals surface area contributed by atoms with Crippen LogP contribution in [0.3, 0.4) is 0 Å². The fourth-order valence-electron chi connectivity index (χ4n) is 2.11. The number of hydrogen-bond acceptors (Lipinski definition) is 6. The Morgan fingerprint density at radius 3 is 2.71 bits per heavy atom. The van der Waals surface area contributed by atoms with Gasteiger partial charge >= 0.3 is 0 Å². The molecular formula is C18H14Cl2FN3O3S. The van der Waals surface area contributed by atoms with Crippen LogP contribution in [0.25, 0.3) is 0 Å². The molecule has 1 aromatic heterocycles. The van der Waals surface area contributed by atoms with Gasteiger partial charge in [-0.25, -0.2) is 4.39 Å². The Morgan fingerprint density at radius 1 is 1.25 bits per heavy atom. The Bertz CT molecular complexity index is 969. The molecule has 0 spiro atoms. The normalized spacial score (nSPS) is 11.9. The number of hydrogen-bond donors (Lipinski definition) is 1. The Balaban J connectivity index is 1.53. The fraction of sp³-hybridized carbons (Fsp3) is 0.167. The molecule has 0 unspecified atom stereocenters. The van der Waals surface area contributed by atoms with E-state index in [2.05, 4.69) is 15.5 Å². The highest BCUT2D eigenvalue weighted by atomic mass is 35.5. The van der Waals surface area contributed by atoms with Gasteiger partial charge in [-0.15, -0.1) is 10.2 Å². The number of rotatable bonds is 7. The summed E-state index contributed by atoms with van der Waals surface area (Å²) in [6, 6.07) is 10.4. The summed E-state index contributed by atoms with van der Waals surface area (Å²) < 4.78 is 24.1. The maximum absolute atomic E-state index is 12.9. The number of aromatic nitrogens is 2. The van der Waals surface area contributed by atoms with Crippen LogP contribution < -0.4 is 10.1 Å². The van der Waals surface area contributed by atoms with E-state index in [1.807, 2.05) is 0 Å². The second-order valence-electron chi connectivity index (χ2n) is 5.58. The number of nitrogens with one attached hydrogen (secondary N) is 1. The largest absolute Gasteiger partial charge is 0.479 e. The van der Waals surface area contributed by atoms with E-state index in [0.29, 0.717) is 21.5 Å². The van der Waals surface area contributed by atoms with E-state index in [1.54, 1.807) is 25.1 Å². The average Bonchev–Trinajstić information content (AvgIpc) is 3.13. The van der Waals surface area contributed by atoms with E-state index in [4.69, 9.17) is 32.4 Å². The summed E-state index contributed by atoms with van der Waals surface area (Å²) in [5.74, 6) is 0.0739. The average molecular weight is 442 g/mol. The van der Waals surface area contributed by atoms with Crippen LogP contribution in [0.2, 0.25) is 10.0 Å². The highest BCUT2D eigenvalue weighted by Crippen LogP contribution is 2.31. The molecule has 0 saturated heterocycles. The molecular weight excluding hydrogens is 428 g/mol. The van der Waals surface area contributed by atoms with E-state index >= 15 is 0 Å². The van der Waals surface area contributed by atoms with Gasteiger partial charge in [0.1, 0.15) is 11.6 Å². The van der Waals surface area contributed by atoms with Crippen molar-refractivity contribution in [1.82, 2.24) is 10.2 Å². The predicted octanol–water partition coefficient (Wildman–Crippen LogP) is 5.39. The first-order valence-corrected chi connectivity index (χ1v) is 9.78. The Hall–Kier alpha value is -2.29. The standard InChI is InChI=1S/C18H14Cl2FN3O3S/c1-10(26-15-7-2-11(19)8-14(15)20)17-23-24-18(27-17)28-9-16(25)22-13-5-3-12(21)4-6-13/h2-8,10H,9H2,1H3,(H,22,25)/t10-/m0/s1. The number of thioether (sulfide) groups is 1. The molecule has 3 rings (SSSR count). The molecule has 0 fully saturated rings. The van der Waals surface area contributed by atoms with Gasteiger partial charge < -0.3 is 14.5 Å². The maximum Gasteiger partial charge on any atom is 0.277 e. The molecule has 0 aliphatic carbocycles. The SMILES string of the molecule is C[C@H](Oc1ccc(Cl)cc1Cl)c1nnc(SCC(=O)Nc2ccc(F)cc2)o1. The first-order valence-electron chi connectivity index (χ1n) is 8.04. The van der Waals surface area contributed by atoms with Gasteiger partial charge in [0, 0.05) is 10.7 Å². The van der Waals surface area contributed by atoms with Gasteiger partial charge in [-0.2, -0.15) is 0 Å². The van der Waals surface area contributed by atoms with Crippen molar-refractivity contribution in [2.75, 3.05) is 11.1 Å². The summed E-state index contributed by atoms with van der Waals surface area (Å²) in [6.07, 6.45) is -0.548. The zero-order chi connectivity index (χ0) is 20.1. The fourth-order valence-corrected chi connectivity index (χ4v) is 3.13. The lowest BCUT2D eigenvalue weighted by molar-refractivity contribution is -0.113. The van der Waals surface area contributed by atoms with Gasteiger partial charge in [0.2, 0.25) is 5.91 Å². The van der Waals surface area contributed by atoms with Crippen LogP contribution in [0, 0.1) is 5.82 Å². The highest BCUT2D eigenvalue weighted by molar-refractivity contribution is 7.99. The first kappa shape index (κ1) is 20.4. The molecule has 1 atom stereocenters. The van der Waals surface area contributed by atoms with Crippen molar-refractivity contribution in [3.63, 3.8) is 0 Å². The van der Waals surface area contributed by atoms with Crippen molar-refractivity contribution in [3.8, 4) is 5.75 Å². The van der Waals surface area contributed by atoms with Gasteiger partial charge in [-0.3, -0.25) is 4.79 Å². The summed E-state index contributed by atoms with van der Waals surface area (Å²) in [6.45, 7) is 1.73. The molecule has 0 saturated carbocycles. The molecule has 1 N–H and O–H groups in total. The topological polar surface area (TPSA) is 77.2 Å². The lowest BCUT2D eigenvalue weighted by Gasteiger charge is -2.12. The lowest BCUT2D eigenvalue weighted by atomic mass is 10.3. The van der Waals surface area contributed by atoms with Crippen LogP contribution in [0.15, 0.2) is 52.1 Å². The highest BCUT2D eigenvalue weighted by Gasteiger charge is 2.18. The molecule has 0 radical (unpaired) electrons. The molecule has 10 heteroatoms. The number of nitrogens with zero attached hydrogens (tertiary/aromatic N) is 2. The van der Waals surface area contributed by atoms with Crippen molar-refractivity contribution in [1.29, 1.82) is 0 Å². The summed E-state index contributed by atoms with van der Waals surface area (Å²) in [7, 11) is 0. The van der Waals surface area contributed by atoms with Gasteiger partial charge in [-0.1, -0.05) is 35.0 Å². The smallest absolute Gasteiger partial charge is 0.277 e.